The molecule has 5 nitrogen and oxygen atoms in total. The first-order valence-corrected chi connectivity index (χ1v) is 5.95. The van der Waals surface area contributed by atoms with Crippen LogP contribution in [0.15, 0.2) is 12.1 Å². The summed E-state index contributed by atoms with van der Waals surface area (Å²) in [6, 6.07) is 2.99. The number of benzene rings is 1. The van der Waals surface area contributed by atoms with E-state index in [0.29, 0.717) is 18.5 Å². The average molecular weight is 269 g/mol. The van der Waals surface area contributed by atoms with Crippen molar-refractivity contribution in [3.05, 3.63) is 23.5 Å². The van der Waals surface area contributed by atoms with Crippen molar-refractivity contribution in [3.63, 3.8) is 0 Å². The van der Waals surface area contributed by atoms with Gasteiger partial charge >= 0.3 is 5.97 Å². The maximum atomic E-state index is 14.0. The molecule has 0 amide bonds. The van der Waals surface area contributed by atoms with Crippen LogP contribution >= 0.6 is 0 Å². The van der Waals surface area contributed by atoms with Crippen LogP contribution in [0.1, 0.15) is 18.0 Å². The first-order valence-electron chi connectivity index (χ1n) is 5.95. The predicted octanol–water partition coefficient (Wildman–Crippen LogP) is 1.58. The van der Waals surface area contributed by atoms with Gasteiger partial charge in [0.2, 0.25) is 5.82 Å². The number of carboxylic acids is 1. The molecule has 0 aromatic heterocycles. The summed E-state index contributed by atoms with van der Waals surface area (Å²) in [5.74, 6) is -1.66. The first kappa shape index (κ1) is 13.6. The van der Waals surface area contributed by atoms with Crippen LogP contribution in [0, 0.1) is 11.7 Å². The number of carboxylic acid groups (broad SMARTS) is 1. The highest BCUT2D eigenvalue weighted by atomic mass is 19.1. The molecule has 1 fully saturated rings. The highest BCUT2D eigenvalue weighted by Gasteiger charge is 2.32. The van der Waals surface area contributed by atoms with E-state index in [2.05, 4.69) is 5.32 Å². The molecule has 104 valence electrons. The maximum Gasteiger partial charge on any atom is 0.307 e. The molecular weight excluding hydrogens is 253 g/mol. The Labute approximate surface area is 110 Å². The highest BCUT2D eigenvalue weighted by Crippen LogP contribution is 2.38. The van der Waals surface area contributed by atoms with Crippen LogP contribution in [0.3, 0.4) is 0 Å². The number of nitrogens with one attached hydrogen (secondary N) is 1. The van der Waals surface area contributed by atoms with Crippen LogP contribution in [0.5, 0.6) is 11.5 Å². The molecule has 1 aliphatic heterocycles. The molecule has 2 N–H and O–H groups in total. The zero-order valence-corrected chi connectivity index (χ0v) is 10.8. The Kier molecular flexibility index (Phi) is 3.90. The van der Waals surface area contributed by atoms with Gasteiger partial charge in [-0.2, -0.15) is 4.39 Å². The second-order valence-electron chi connectivity index (χ2n) is 4.44. The van der Waals surface area contributed by atoms with Crippen molar-refractivity contribution in [2.45, 2.75) is 12.5 Å². The number of ether oxygens (including phenoxy) is 2. The lowest BCUT2D eigenvalue weighted by Crippen LogP contribution is -2.17. The third-order valence-corrected chi connectivity index (χ3v) is 3.37. The summed E-state index contributed by atoms with van der Waals surface area (Å²) < 4.78 is 24.0. The Morgan fingerprint density at radius 2 is 2.16 bits per heavy atom. The monoisotopic (exact) mass is 269 g/mol. The second kappa shape index (κ2) is 5.44. The molecule has 19 heavy (non-hydrogen) atoms. The molecule has 1 aromatic carbocycles. The van der Waals surface area contributed by atoms with Crippen LogP contribution in [-0.2, 0) is 4.79 Å². The third-order valence-electron chi connectivity index (χ3n) is 3.37. The Bertz CT molecular complexity index is 492. The van der Waals surface area contributed by atoms with Gasteiger partial charge in [0.05, 0.1) is 20.1 Å². The van der Waals surface area contributed by atoms with Crippen LogP contribution in [0.4, 0.5) is 4.39 Å². The van der Waals surface area contributed by atoms with E-state index in [4.69, 9.17) is 14.6 Å². The van der Waals surface area contributed by atoms with E-state index in [0.717, 1.165) is 0 Å². The molecule has 0 radical (unpaired) electrons. The molecule has 2 atom stereocenters. The van der Waals surface area contributed by atoms with Crippen molar-refractivity contribution in [2.24, 2.45) is 5.92 Å². The van der Waals surface area contributed by atoms with E-state index in [9.17, 15) is 9.18 Å². The molecule has 1 saturated heterocycles. The van der Waals surface area contributed by atoms with E-state index in [1.165, 1.54) is 20.3 Å². The largest absolute Gasteiger partial charge is 0.494 e. The summed E-state index contributed by atoms with van der Waals surface area (Å²) in [5.41, 5.74) is 0.615. The number of methoxy groups -OCH3 is 2. The van der Waals surface area contributed by atoms with Crippen molar-refractivity contribution in [1.82, 2.24) is 5.32 Å². The molecule has 1 heterocycles. The number of hydrogen-bond donors (Lipinski definition) is 2. The summed E-state index contributed by atoms with van der Waals surface area (Å²) >= 11 is 0. The molecule has 1 aromatic rings. The molecule has 0 saturated carbocycles. The molecule has 2 rings (SSSR count). The zero-order valence-electron chi connectivity index (χ0n) is 10.8. The van der Waals surface area contributed by atoms with Gasteiger partial charge in [-0.05, 0) is 18.6 Å². The van der Waals surface area contributed by atoms with Crippen molar-refractivity contribution in [3.8, 4) is 11.5 Å². The van der Waals surface area contributed by atoms with E-state index < -0.39 is 17.7 Å². The average Bonchev–Trinajstić information content (AvgIpc) is 2.87. The van der Waals surface area contributed by atoms with Gasteiger partial charge in [0, 0.05) is 18.2 Å². The number of hydrogen-bond acceptors (Lipinski definition) is 4. The summed E-state index contributed by atoms with van der Waals surface area (Å²) in [7, 11) is 2.76. The fourth-order valence-corrected chi connectivity index (χ4v) is 2.35. The fraction of sp³-hybridized carbons (Fsp3) is 0.462. The minimum Gasteiger partial charge on any atom is -0.494 e. The minimum absolute atomic E-state index is 0.0999. The van der Waals surface area contributed by atoms with E-state index in [1.54, 1.807) is 6.07 Å². The molecule has 1 aliphatic rings. The zero-order chi connectivity index (χ0) is 14.0. The first-order chi connectivity index (χ1) is 9.08. The summed E-state index contributed by atoms with van der Waals surface area (Å²) in [4.78, 5) is 10.9. The second-order valence-corrected chi connectivity index (χ2v) is 4.44. The molecule has 2 unspecified atom stereocenters. The lowest BCUT2D eigenvalue weighted by molar-refractivity contribution is -0.141. The topological polar surface area (TPSA) is 67.8 Å². The van der Waals surface area contributed by atoms with Gasteiger partial charge in [-0.15, -0.1) is 0 Å². The van der Waals surface area contributed by atoms with Crippen LogP contribution in [0.25, 0.3) is 0 Å². The number of carbonyl (C=O) groups is 1. The summed E-state index contributed by atoms with van der Waals surface area (Å²) in [6.45, 7) is 0.372. The molecular formula is C13H16FNO4. The lowest BCUT2D eigenvalue weighted by atomic mass is 9.99. The van der Waals surface area contributed by atoms with E-state index >= 15 is 0 Å². The minimum atomic E-state index is -0.844. The lowest BCUT2D eigenvalue weighted by Gasteiger charge is -2.17. The van der Waals surface area contributed by atoms with Gasteiger partial charge < -0.3 is 19.9 Å². The highest BCUT2D eigenvalue weighted by molar-refractivity contribution is 5.71. The van der Waals surface area contributed by atoms with Crippen molar-refractivity contribution in [1.29, 1.82) is 0 Å². The SMILES string of the molecule is COc1ccc(C2CC(C(=O)O)CN2)c(OC)c1F. The van der Waals surface area contributed by atoms with E-state index in [1.807, 2.05) is 0 Å². The van der Waals surface area contributed by atoms with Gasteiger partial charge in [-0.1, -0.05) is 0 Å². The van der Waals surface area contributed by atoms with Gasteiger partial charge in [0.1, 0.15) is 0 Å². The van der Waals surface area contributed by atoms with Gasteiger partial charge in [-0.3, -0.25) is 4.79 Å². The summed E-state index contributed by atoms with van der Waals surface area (Å²) in [5, 5.41) is 12.1. The number of rotatable bonds is 4. The predicted molar refractivity (Wildman–Crippen MR) is 66.0 cm³/mol. The van der Waals surface area contributed by atoms with Crippen LogP contribution in [-0.4, -0.2) is 31.8 Å². The van der Waals surface area contributed by atoms with E-state index in [-0.39, 0.29) is 17.5 Å². The quantitative estimate of drug-likeness (QED) is 0.868. The number of halogens is 1. The van der Waals surface area contributed by atoms with Crippen molar-refractivity contribution < 1.29 is 23.8 Å². The van der Waals surface area contributed by atoms with Crippen LogP contribution < -0.4 is 14.8 Å². The van der Waals surface area contributed by atoms with Gasteiger partial charge in [0.15, 0.2) is 11.5 Å². The standard InChI is InChI=1S/C13H16FNO4/c1-18-10-4-3-8(12(19-2)11(10)14)9-5-7(6-15-9)13(16)17/h3-4,7,9,15H,5-6H2,1-2H3,(H,16,17). The third kappa shape index (κ3) is 2.49. The van der Waals surface area contributed by atoms with Gasteiger partial charge in [0.25, 0.3) is 0 Å². The summed E-state index contributed by atoms with van der Waals surface area (Å²) in [6.07, 6.45) is 0.414. The van der Waals surface area contributed by atoms with Gasteiger partial charge in [-0.25, -0.2) is 0 Å². The molecule has 0 aliphatic carbocycles. The molecule has 0 spiro atoms. The maximum absolute atomic E-state index is 14.0. The molecule has 6 heteroatoms. The smallest absolute Gasteiger partial charge is 0.307 e. The van der Waals surface area contributed by atoms with Crippen LogP contribution in [0.2, 0.25) is 0 Å². The fourth-order valence-electron chi connectivity index (χ4n) is 2.35. The normalized spacial score (nSPS) is 22.3. The Morgan fingerprint density at radius 3 is 2.68 bits per heavy atom. The number of aliphatic carboxylic acids is 1. The van der Waals surface area contributed by atoms with Crippen molar-refractivity contribution in [2.75, 3.05) is 20.8 Å². The Hall–Kier alpha value is -1.82. The Balaban J connectivity index is 2.31. The van der Waals surface area contributed by atoms with Crippen molar-refractivity contribution >= 4 is 5.97 Å². The molecule has 0 bridgehead atoms. The Morgan fingerprint density at radius 1 is 1.42 bits per heavy atom.